The van der Waals surface area contributed by atoms with E-state index in [1.165, 1.54) is 17.3 Å². The summed E-state index contributed by atoms with van der Waals surface area (Å²) in [4.78, 5) is 16.9. The number of hydrogen-bond donors (Lipinski definition) is 1. The second-order valence-electron chi connectivity index (χ2n) is 6.77. The molecule has 1 unspecified atom stereocenters. The number of amides is 1. The van der Waals surface area contributed by atoms with Crippen molar-refractivity contribution < 1.29 is 4.79 Å². The Hall–Kier alpha value is -1.54. The van der Waals surface area contributed by atoms with Crippen molar-refractivity contribution in [1.82, 2.24) is 10.3 Å². The molecular formula is C17H23N3OS. The summed E-state index contributed by atoms with van der Waals surface area (Å²) in [6.07, 6.45) is 4.28. The predicted molar refractivity (Wildman–Crippen MR) is 88.8 cm³/mol. The van der Waals surface area contributed by atoms with Crippen LogP contribution in [-0.2, 0) is 17.6 Å². The van der Waals surface area contributed by atoms with Crippen LogP contribution in [0, 0.1) is 11.3 Å². The molecule has 1 N–H and O–H groups in total. The molecule has 1 heterocycles. The molecule has 0 aliphatic heterocycles. The summed E-state index contributed by atoms with van der Waals surface area (Å²) < 4.78 is 0. The van der Waals surface area contributed by atoms with Gasteiger partial charge in [0.05, 0.1) is 10.8 Å². The second kappa shape index (κ2) is 6.70. The molecule has 1 aliphatic carbocycles. The van der Waals surface area contributed by atoms with E-state index >= 15 is 0 Å². The van der Waals surface area contributed by atoms with Crippen molar-refractivity contribution in [2.45, 2.75) is 69.2 Å². The number of aromatic nitrogens is 1. The lowest BCUT2D eigenvalue weighted by molar-refractivity contribution is -0.121. The van der Waals surface area contributed by atoms with Gasteiger partial charge in [0.15, 0.2) is 0 Å². The van der Waals surface area contributed by atoms with Crippen molar-refractivity contribution in [1.29, 1.82) is 5.26 Å². The van der Waals surface area contributed by atoms with Gasteiger partial charge in [-0.3, -0.25) is 4.79 Å². The first-order chi connectivity index (χ1) is 10.3. The SMILES string of the molecule is CC(Sc1nc2c(cc1C#N)CCCC2)C(=O)NC(C)(C)C. The Bertz CT molecular complexity index is 614. The maximum atomic E-state index is 12.2. The highest BCUT2D eigenvalue weighted by atomic mass is 32.2. The van der Waals surface area contributed by atoms with E-state index in [0.29, 0.717) is 10.6 Å². The molecule has 0 radical (unpaired) electrons. The second-order valence-corrected chi connectivity index (χ2v) is 8.09. The van der Waals surface area contributed by atoms with Gasteiger partial charge in [0, 0.05) is 11.2 Å². The number of hydrogen-bond acceptors (Lipinski definition) is 4. The first-order valence-corrected chi connectivity index (χ1v) is 8.59. The third-order valence-electron chi connectivity index (χ3n) is 3.54. The number of pyridine rings is 1. The van der Waals surface area contributed by atoms with Crippen molar-refractivity contribution in [3.8, 4) is 6.07 Å². The average molecular weight is 317 g/mol. The lowest BCUT2D eigenvalue weighted by Gasteiger charge is -2.23. The minimum Gasteiger partial charge on any atom is -0.351 e. The third kappa shape index (κ3) is 4.23. The van der Waals surface area contributed by atoms with Gasteiger partial charge in [-0.2, -0.15) is 5.26 Å². The highest BCUT2D eigenvalue weighted by molar-refractivity contribution is 8.00. The normalized spacial score (nSPS) is 15.6. The number of aryl methyl sites for hydroxylation is 2. The van der Waals surface area contributed by atoms with Crippen molar-refractivity contribution in [2.24, 2.45) is 0 Å². The summed E-state index contributed by atoms with van der Waals surface area (Å²) in [5.41, 5.74) is 2.61. The van der Waals surface area contributed by atoms with Gasteiger partial charge < -0.3 is 5.32 Å². The third-order valence-corrected chi connectivity index (χ3v) is 4.64. The summed E-state index contributed by atoms with van der Waals surface area (Å²) >= 11 is 1.37. The molecule has 0 spiro atoms. The highest BCUT2D eigenvalue weighted by Crippen LogP contribution is 2.29. The fourth-order valence-corrected chi connectivity index (χ4v) is 3.37. The molecular weight excluding hydrogens is 294 g/mol. The summed E-state index contributed by atoms with van der Waals surface area (Å²) in [6.45, 7) is 7.73. The first-order valence-electron chi connectivity index (χ1n) is 7.72. The molecule has 1 aromatic rings. The van der Waals surface area contributed by atoms with E-state index in [2.05, 4.69) is 16.4 Å². The zero-order valence-corrected chi connectivity index (χ0v) is 14.5. The molecule has 0 fully saturated rings. The quantitative estimate of drug-likeness (QED) is 0.869. The number of nitrogens with one attached hydrogen (secondary N) is 1. The number of nitrogens with zero attached hydrogens (tertiary/aromatic N) is 2. The number of carbonyl (C=O) groups is 1. The van der Waals surface area contributed by atoms with Crippen LogP contribution in [0.25, 0.3) is 0 Å². The summed E-state index contributed by atoms with van der Waals surface area (Å²) in [6, 6.07) is 4.18. The number of fused-ring (bicyclic) bond motifs is 1. The lowest BCUT2D eigenvalue weighted by atomic mass is 9.95. The van der Waals surface area contributed by atoms with E-state index in [1.807, 2.05) is 33.8 Å². The summed E-state index contributed by atoms with van der Waals surface area (Å²) in [5.74, 6) is -0.0269. The van der Waals surface area contributed by atoms with E-state index < -0.39 is 0 Å². The maximum Gasteiger partial charge on any atom is 0.233 e. The van der Waals surface area contributed by atoms with Crippen LogP contribution in [0.5, 0.6) is 0 Å². The fourth-order valence-electron chi connectivity index (χ4n) is 2.48. The smallest absolute Gasteiger partial charge is 0.233 e. The van der Waals surface area contributed by atoms with Crippen molar-refractivity contribution in [3.63, 3.8) is 0 Å². The summed E-state index contributed by atoms with van der Waals surface area (Å²) in [5, 5.41) is 12.7. The zero-order valence-electron chi connectivity index (χ0n) is 13.7. The number of carbonyl (C=O) groups excluding carboxylic acids is 1. The van der Waals surface area contributed by atoms with E-state index in [0.717, 1.165) is 31.4 Å². The molecule has 118 valence electrons. The predicted octanol–water partition coefficient (Wildman–Crippen LogP) is 3.23. The van der Waals surface area contributed by atoms with Gasteiger partial charge >= 0.3 is 0 Å². The Morgan fingerprint density at radius 1 is 1.41 bits per heavy atom. The molecule has 4 nitrogen and oxygen atoms in total. The molecule has 0 saturated carbocycles. The zero-order chi connectivity index (χ0) is 16.3. The fraction of sp³-hybridized carbons (Fsp3) is 0.588. The molecule has 5 heteroatoms. The van der Waals surface area contributed by atoms with Gasteiger partial charge in [-0.05, 0) is 65.0 Å². The monoisotopic (exact) mass is 317 g/mol. The first kappa shape index (κ1) is 16.8. The Morgan fingerprint density at radius 3 is 2.73 bits per heavy atom. The van der Waals surface area contributed by atoms with Gasteiger partial charge in [-0.15, -0.1) is 0 Å². The molecule has 0 aromatic carbocycles. The van der Waals surface area contributed by atoms with E-state index in [1.54, 1.807) is 0 Å². The topological polar surface area (TPSA) is 65.8 Å². The van der Waals surface area contributed by atoms with Crippen LogP contribution in [0.2, 0.25) is 0 Å². The van der Waals surface area contributed by atoms with Gasteiger partial charge in [-0.25, -0.2) is 4.98 Å². The molecule has 1 atom stereocenters. The molecule has 22 heavy (non-hydrogen) atoms. The standard InChI is InChI=1S/C17H23N3OS/c1-11(15(21)20-17(2,3)4)22-16-13(10-18)9-12-7-5-6-8-14(12)19-16/h9,11H,5-8H2,1-4H3,(H,20,21). The molecule has 1 aromatic heterocycles. The molecule has 0 saturated heterocycles. The Kier molecular flexibility index (Phi) is 5.12. The number of thioether (sulfide) groups is 1. The minimum absolute atomic E-state index is 0.0269. The van der Waals surface area contributed by atoms with Gasteiger partial charge in [-0.1, -0.05) is 11.8 Å². The van der Waals surface area contributed by atoms with Crippen LogP contribution < -0.4 is 5.32 Å². The number of nitriles is 1. The van der Waals surface area contributed by atoms with Crippen LogP contribution >= 0.6 is 11.8 Å². The largest absolute Gasteiger partial charge is 0.351 e. The van der Waals surface area contributed by atoms with Crippen LogP contribution in [0.3, 0.4) is 0 Å². The molecule has 0 bridgehead atoms. The minimum atomic E-state index is -0.277. The van der Waals surface area contributed by atoms with Crippen molar-refractivity contribution >= 4 is 17.7 Å². The Balaban J connectivity index is 2.18. The lowest BCUT2D eigenvalue weighted by Crippen LogP contribution is -2.44. The number of rotatable bonds is 3. The molecule has 1 amide bonds. The van der Waals surface area contributed by atoms with Crippen LogP contribution in [0.1, 0.15) is 57.4 Å². The van der Waals surface area contributed by atoms with Crippen LogP contribution in [0.15, 0.2) is 11.1 Å². The van der Waals surface area contributed by atoms with Gasteiger partial charge in [0.25, 0.3) is 0 Å². The van der Waals surface area contributed by atoms with Crippen LogP contribution in [0.4, 0.5) is 0 Å². The average Bonchev–Trinajstić information content (AvgIpc) is 2.44. The van der Waals surface area contributed by atoms with E-state index in [-0.39, 0.29) is 16.7 Å². The van der Waals surface area contributed by atoms with Crippen molar-refractivity contribution in [3.05, 3.63) is 22.9 Å². The van der Waals surface area contributed by atoms with Crippen LogP contribution in [-0.4, -0.2) is 21.7 Å². The van der Waals surface area contributed by atoms with Crippen molar-refractivity contribution in [2.75, 3.05) is 0 Å². The van der Waals surface area contributed by atoms with E-state index in [4.69, 9.17) is 0 Å². The van der Waals surface area contributed by atoms with Gasteiger partial charge in [0.1, 0.15) is 11.1 Å². The van der Waals surface area contributed by atoms with E-state index in [9.17, 15) is 10.1 Å². The Morgan fingerprint density at radius 2 is 2.09 bits per heavy atom. The molecule has 2 rings (SSSR count). The van der Waals surface area contributed by atoms with Gasteiger partial charge in [0.2, 0.25) is 5.91 Å². The maximum absolute atomic E-state index is 12.2. The molecule has 1 aliphatic rings. The highest BCUT2D eigenvalue weighted by Gasteiger charge is 2.23. The Labute approximate surface area is 136 Å². The summed E-state index contributed by atoms with van der Waals surface area (Å²) in [7, 11) is 0.